The number of nitrogens with one attached hydrogen (secondary N) is 2. The first kappa shape index (κ1) is 13.6. The molecule has 1 unspecified atom stereocenters. The van der Waals surface area contributed by atoms with Crippen LogP contribution in [0.5, 0.6) is 0 Å². The van der Waals surface area contributed by atoms with Gasteiger partial charge in [0.15, 0.2) is 0 Å². The number of rotatable bonds is 1. The van der Waals surface area contributed by atoms with E-state index >= 15 is 0 Å². The standard InChI is InChI=1S/C15H20N2O2/c1-14(2,3)10-5-7-11(8-6-10)15(4)9-16-12(18)13(19)17-15/h5-8H,9H2,1-4H3,(H,16,18)(H,17,19). The van der Waals surface area contributed by atoms with Crippen LogP contribution in [0.4, 0.5) is 0 Å². The Morgan fingerprint density at radius 1 is 1.05 bits per heavy atom. The number of benzene rings is 1. The van der Waals surface area contributed by atoms with E-state index in [-0.39, 0.29) is 5.41 Å². The molecule has 1 heterocycles. The van der Waals surface area contributed by atoms with Crippen molar-refractivity contribution in [3.8, 4) is 0 Å². The minimum absolute atomic E-state index is 0.101. The summed E-state index contributed by atoms with van der Waals surface area (Å²) in [7, 11) is 0. The summed E-state index contributed by atoms with van der Waals surface area (Å²) in [6, 6.07) is 8.17. The Balaban J connectivity index is 2.27. The molecule has 1 aromatic carbocycles. The maximum absolute atomic E-state index is 11.5. The Hall–Kier alpha value is -1.84. The van der Waals surface area contributed by atoms with Gasteiger partial charge in [-0.05, 0) is 23.5 Å². The largest absolute Gasteiger partial charge is 0.345 e. The van der Waals surface area contributed by atoms with Gasteiger partial charge in [0, 0.05) is 6.54 Å². The second kappa shape index (κ2) is 4.37. The summed E-state index contributed by atoms with van der Waals surface area (Å²) >= 11 is 0. The zero-order chi connectivity index (χ0) is 14.3. The molecule has 0 spiro atoms. The molecule has 1 atom stereocenters. The van der Waals surface area contributed by atoms with Crippen molar-refractivity contribution in [1.29, 1.82) is 0 Å². The summed E-state index contributed by atoms with van der Waals surface area (Å²) in [5.41, 5.74) is 1.80. The Kier molecular flexibility index (Phi) is 3.12. The van der Waals surface area contributed by atoms with Crippen molar-refractivity contribution >= 4 is 11.8 Å². The van der Waals surface area contributed by atoms with Gasteiger partial charge in [-0.2, -0.15) is 0 Å². The van der Waals surface area contributed by atoms with Crippen LogP contribution < -0.4 is 10.6 Å². The Bertz CT molecular complexity index is 514. The summed E-state index contributed by atoms with van der Waals surface area (Å²) in [6.07, 6.45) is 0. The van der Waals surface area contributed by atoms with Crippen molar-refractivity contribution in [3.63, 3.8) is 0 Å². The van der Waals surface area contributed by atoms with Gasteiger partial charge >= 0.3 is 11.8 Å². The molecule has 1 fully saturated rings. The molecule has 0 saturated carbocycles. The predicted octanol–water partition coefficient (Wildman–Crippen LogP) is 1.45. The van der Waals surface area contributed by atoms with Crippen LogP contribution in [0.25, 0.3) is 0 Å². The average molecular weight is 260 g/mol. The smallest absolute Gasteiger partial charge is 0.310 e. The quantitative estimate of drug-likeness (QED) is 0.751. The second-order valence-electron chi connectivity index (χ2n) is 6.30. The molecular formula is C15H20N2O2. The van der Waals surface area contributed by atoms with Crippen LogP contribution in [0.15, 0.2) is 24.3 Å². The molecular weight excluding hydrogens is 240 g/mol. The highest BCUT2D eigenvalue weighted by Gasteiger charge is 2.36. The van der Waals surface area contributed by atoms with Crippen LogP contribution in [-0.4, -0.2) is 18.4 Å². The topological polar surface area (TPSA) is 58.2 Å². The van der Waals surface area contributed by atoms with Gasteiger partial charge in [0.2, 0.25) is 0 Å². The SMILES string of the molecule is CC(C)(C)c1ccc(C2(C)CNC(=O)C(=O)N2)cc1. The molecule has 1 aromatic rings. The first-order valence-corrected chi connectivity index (χ1v) is 6.44. The minimum Gasteiger partial charge on any atom is -0.345 e. The van der Waals surface area contributed by atoms with E-state index in [2.05, 4.69) is 43.5 Å². The third-order valence-corrected chi connectivity index (χ3v) is 3.59. The van der Waals surface area contributed by atoms with Crippen molar-refractivity contribution < 1.29 is 9.59 Å². The summed E-state index contributed by atoms with van der Waals surface area (Å²) in [4.78, 5) is 22.7. The summed E-state index contributed by atoms with van der Waals surface area (Å²) in [5.74, 6) is -1.14. The number of amides is 2. The Morgan fingerprint density at radius 2 is 1.63 bits per heavy atom. The molecule has 102 valence electrons. The van der Waals surface area contributed by atoms with E-state index in [1.165, 1.54) is 5.56 Å². The van der Waals surface area contributed by atoms with Crippen LogP contribution in [0, 0.1) is 0 Å². The van der Waals surface area contributed by atoms with Gasteiger partial charge in [0.1, 0.15) is 0 Å². The lowest BCUT2D eigenvalue weighted by atomic mass is 9.83. The third kappa shape index (κ3) is 2.62. The van der Waals surface area contributed by atoms with Crippen LogP contribution in [0.1, 0.15) is 38.8 Å². The van der Waals surface area contributed by atoms with E-state index in [1.54, 1.807) is 0 Å². The van der Waals surface area contributed by atoms with E-state index in [1.807, 2.05) is 19.1 Å². The van der Waals surface area contributed by atoms with Gasteiger partial charge in [0.05, 0.1) is 5.54 Å². The molecule has 1 aliphatic heterocycles. The first-order chi connectivity index (χ1) is 8.72. The molecule has 2 rings (SSSR count). The molecule has 0 radical (unpaired) electrons. The molecule has 4 nitrogen and oxygen atoms in total. The van der Waals surface area contributed by atoms with Gasteiger partial charge in [0.25, 0.3) is 0 Å². The number of hydrogen-bond donors (Lipinski definition) is 2. The maximum atomic E-state index is 11.5. The zero-order valence-corrected chi connectivity index (χ0v) is 11.8. The fourth-order valence-corrected chi connectivity index (χ4v) is 2.20. The number of carbonyl (C=O) groups excluding carboxylic acids is 2. The van der Waals surface area contributed by atoms with Crippen LogP contribution in [0.3, 0.4) is 0 Å². The lowest BCUT2D eigenvalue weighted by Crippen LogP contribution is -2.60. The highest BCUT2D eigenvalue weighted by molar-refractivity contribution is 6.35. The molecule has 2 amide bonds. The molecule has 4 heteroatoms. The van der Waals surface area contributed by atoms with E-state index in [9.17, 15) is 9.59 Å². The van der Waals surface area contributed by atoms with Gasteiger partial charge in [-0.3, -0.25) is 9.59 Å². The summed E-state index contributed by atoms with van der Waals surface area (Å²) < 4.78 is 0. The van der Waals surface area contributed by atoms with E-state index in [0.29, 0.717) is 6.54 Å². The monoisotopic (exact) mass is 260 g/mol. The van der Waals surface area contributed by atoms with E-state index in [4.69, 9.17) is 0 Å². The van der Waals surface area contributed by atoms with Crippen molar-refractivity contribution in [2.24, 2.45) is 0 Å². The highest BCUT2D eigenvalue weighted by atomic mass is 16.2. The third-order valence-electron chi connectivity index (χ3n) is 3.59. The molecule has 1 aliphatic rings. The van der Waals surface area contributed by atoms with E-state index in [0.717, 1.165) is 5.56 Å². The van der Waals surface area contributed by atoms with Gasteiger partial charge in [-0.25, -0.2) is 0 Å². The van der Waals surface area contributed by atoms with Crippen molar-refractivity contribution in [2.75, 3.05) is 6.54 Å². The first-order valence-electron chi connectivity index (χ1n) is 6.44. The number of hydrogen-bond acceptors (Lipinski definition) is 2. The molecule has 0 aromatic heterocycles. The van der Waals surface area contributed by atoms with Crippen LogP contribution in [0.2, 0.25) is 0 Å². The highest BCUT2D eigenvalue weighted by Crippen LogP contribution is 2.26. The van der Waals surface area contributed by atoms with Crippen molar-refractivity contribution in [1.82, 2.24) is 10.6 Å². The van der Waals surface area contributed by atoms with Crippen LogP contribution in [-0.2, 0) is 20.5 Å². The summed E-state index contributed by atoms with van der Waals surface area (Å²) in [6.45, 7) is 8.80. The molecule has 0 bridgehead atoms. The normalized spacial score (nSPS) is 23.8. The Labute approximate surface area is 113 Å². The second-order valence-corrected chi connectivity index (χ2v) is 6.30. The zero-order valence-electron chi connectivity index (χ0n) is 11.8. The van der Waals surface area contributed by atoms with Gasteiger partial charge in [-0.15, -0.1) is 0 Å². The molecule has 19 heavy (non-hydrogen) atoms. The van der Waals surface area contributed by atoms with E-state index < -0.39 is 17.4 Å². The maximum Gasteiger partial charge on any atom is 0.310 e. The fraction of sp³-hybridized carbons (Fsp3) is 0.467. The predicted molar refractivity (Wildman–Crippen MR) is 73.6 cm³/mol. The molecule has 1 saturated heterocycles. The lowest BCUT2D eigenvalue weighted by Gasteiger charge is -2.35. The van der Waals surface area contributed by atoms with Crippen molar-refractivity contribution in [2.45, 2.75) is 38.6 Å². The fourth-order valence-electron chi connectivity index (χ4n) is 2.20. The summed E-state index contributed by atoms with van der Waals surface area (Å²) in [5, 5.41) is 5.38. The minimum atomic E-state index is -0.575. The molecule has 2 N–H and O–H groups in total. The van der Waals surface area contributed by atoms with Crippen molar-refractivity contribution in [3.05, 3.63) is 35.4 Å². The van der Waals surface area contributed by atoms with Gasteiger partial charge in [-0.1, -0.05) is 45.0 Å². The number of piperazine rings is 1. The van der Waals surface area contributed by atoms with Crippen LogP contribution >= 0.6 is 0 Å². The molecule has 0 aliphatic carbocycles. The average Bonchev–Trinajstić information content (AvgIpc) is 2.34. The van der Waals surface area contributed by atoms with Gasteiger partial charge < -0.3 is 10.6 Å². The lowest BCUT2D eigenvalue weighted by molar-refractivity contribution is -0.142. The Morgan fingerprint density at radius 3 is 2.11 bits per heavy atom. The number of carbonyl (C=O) groups is 2.